The molecule has 3 nitrogen and oxygen atoms in total. The zero-order valence-corrected chi connectivity index (χ0v) is 6.64. The number of halogens is 1. The Morgan fingerprint density at radius 1 is 1.73 bits per heavy atom. The van der Waals surface area contributed by atoms with Crippen molar-refractivity contribution in [1.82, 2.24) is 4.90 Å². The first kappa shape index (κ1) is 8.46. The van der Waals surface area contributed by atoms with Gasteiger partial charge < -0.3 is 5.73 Å². The summed E-state index contributed by atoms with van der Waals surface area (Å²) < 4.78 is 11.8. The van der Waals surface area contributed by atoms with Crippen LogP contribution >= 0.6 is 0 Å². The summed E-state index contributed by atoms with van der Waals surface area (Å²) in [7, 11) is 0. The molecule has 0 aromatic rings. The number of likely N-dealkylation sites (tertiary alicyclic amines) is 1. The van der Waals surface area contributed by atoms with Gasteiger partial charge in [0.2, 0.25) is 5.91 Å². The van der Waals surface area contributed by atoms with Gasteiger partial charge in [-0.2, -0.15) is 0 Å². The van der Waals surface area contributed by atoms with Crippen LogP contribution in [-0.4, -0.2) is 37.1 Å². The van der Waals surface area contributed by atoms with Gasteiger partial charge in [-0.3, -0.25) is 9.69 Å². The van der Waals surface area contributed by atoms with Crippen LogP contribution in [0.4, 0.5) is 4.39 Å². The summed E-state index contributed by atoms with van der Waals surface area (Å²) >= 11 is 0. The summed E-state index contributed by atoms with van der Waals surface area (Å²) in [6, 6.07) is 0. The van der Waals surface area contributed by atoms with Gasteiger partial charge in [0.1, 0.15) is 6.67 Å². The van der Waals surface area contributed by atoms with Crippen LogP contribution in [0.25, 0.3) is 0 Å². The number of nitrogens with two attached hydrogens (primary N) is 1. The first-order valence-corrected chi connectivity index (χ1v) is 3.67. The molecule has 1 fully saturated rings. The third-order valence-electron chi connectivity index (χ3n) is 2.14. The minimum atomic E-state index is -0.408. The van der Waals surface area contributed by atoms with E-state index in [0.29, 0.717) is 19.6 Å². The highest BCUT2D eigenvalue weighted by atomic mass is 19.1. The normalized spacial score (nSPS) is 22.7. The van der Waals surface area contributed by atoms with Gasteiger partial charge in [0.25, 0.3) is 0 Å². The van der Waals surface area contributed by atoms with Crippen molar-refractivity contribution in [3.8, 4) is 0 Å². The van der Waals surface area contributed by atoms with Crippen LogP contribution in [0, 0.1) is 5.41 Å². The minimum absolute atomic E-state index is 0.285. The highest BCUT2D eigenvalue weighted by Crippen LogP contribution is 2.28. The molecule has 0 spiro atoms. The Morgan fingerprint density at radius 3 is 2.64 bits per heavy atom. The Kier molecular flexibility index (Phi) is 2.13. The van der Waals surface area contributed by atoms with Crippen LogP contribution in [0.3, 0.4) is 0 Å². The lowest BCUT2D eigenvalue weighted by atomic mass is 9.81. The van der Waals surface area contributed by atoms with E-state index >= 15 is 0 Å². The fourth-order valence-corrected chi connectivity index (χ4v) is 1.37. The fraction of sp³-hybridized carbons (Fsp3) is 0.857. The number of amides is 1. The number of nitrogens with zero attached hydrogens (tertiary/aromatic N) is 1. The Morgan fingerprint density at radius 2 is 2.27 bits per heavy atom. The first-order chi connectivity index (χ1) is 5.08. The Bertz CT molecular complexity index is 166. The van der Waals surface area contributed by atoms with E-state index in [1.54, 1.807) is 0 Å². The molecule has 0 bridgehead atoms. The van der Waals surface area contributed by atoms with E-state index in [2.05, 4.69) is 0 Å². The van der Waals surface area contributed by atoms with E-state index in [-0.39, 0.29) is 12.6 Å². The Hall–Kier alpha value is -0.640. The van der Waals surface area contributed by atoms with E-state index in [4.69, 9.17) is 5.73 Å². The van der Waals surface area contributed by atoms with Crippen molar-refractivity contribution in [2.75, 3.05) is 26.3 Å². The quantitative estimate of drug-likeness (QED) is 0.619. The molecule has 0 unspecified atom stereocenters. The molecule has 0 aromatic heterocycles. The van der Waals surface area contributed by atoms with Crippen LogP contribution in [-0.2, 0) is 4.79 Å². The van der Waals surface area contributed by atoms with Gasteiger partial charge in [0.05, 0.1) is 5.41 Å². The average molecular weight is 160 g/mol. The highest BCUT2D eigenvalue weighted by molar-refractivity contribution is 5.82. The summed E-state index contributed by atoms with van der Waals surface area (Å²) in [6.45, 7) is 3.08. The molecular formula is C7H13FN2O. The summed E-state index contributed by atoms with van der Waals surface area (Å²) in [5.74, 6) is -0.285. The average Bonchev–Trinajstić information content (AvgIpc) is 1.84. The number of hydrogen-bond acceptors (Lipinski definition) is 2. The maximum Gasteiger partial charge on any atom is 0.225 e. The molecule has 4 heteroatoms. The largest absolute Gasteiger partial charge is 0.369 e. The maximum atomic E-state index is 11.8. The second-order valence-corrected chi connectivity index (χ2v) is 3.32. The molecule has 1 saturated heterocycles. The predicted octanol–water partition coefficient (Wildman–Crippen LogP) is -0.237. The van der Waals surface area contributed by atoms with Crippen LogP contribution in [0.15, 0.2) is 0 Å². The number of carbonyl (C=O) groups excluding carboxylic acids is 1. The zero-order valence-electron chi connectivity index (χ0n) is 6.64. The van der Waals surface area contributed by atoms with Gasteiger partial charge >= 0.3 is 0 Å². The molecule has 1 heterocycles. The van der Waals surface area contributed by atoms with E-state index in [9.17, 15) is 9.18 Å². The van der Waals surface area contributed by atoms with Gasteiger partial charge in [0, 0.05) is 19.6 Å². The molecule has 0 aromatic carbocycles. The minimum Gasteiger partial charge on any atom is -0.369 e. The van der Waals surface area contributed by atoms with Crippen LogP contribution in [0.2, 0.25) is 0 Å². The van der Waals surface area contributed by atoms with Gasteiger partial charge in [-0.1, -0.05) is 0 Å². The number of rotatable bonds is 3. The first-order valence-electron chi connectivity index (χ1n) is 3.67. The second-order valence-electron chi connectivity index (χ2n) is 3.32. The molecule has 0 saturated carbocycles. The van der Waals surface area contributed by atoms with Crippen LogP contribution < -0.4 is 5.73 Å². The topological polar surface area (TPSA) is 46.3 Å². The van der Waals surface area contributed by atoms with Gasteiger partial charge in [0.15, 0.2) is 0 Å². The van der Waals surface area contributed by atoms with E-state index in [1.807, 2.05) is 11.8 Å². The van der Waals surface area contributed by atoms with Crippen molar-refractivity contribution in [3.05, 3.63) is 0 Å². The van der Waals surface area contributed by atoms with Gasteiger partial charge in [-0.05, 0) is 6.92 Å². The summed E-state index contributed by atoms with van der Waals surface area (Å²) in [6.07, 6.45) is 0. The lowest BCUT2D eigenvalue weighted by Gasteiger charge is -2.45. The fourth-order valence-electron chi connectivity index (χ4n) is 1.37. The molecule has 1 aliphatic rings. The third-order valence-corrected chi connectivity index (χ3v) is 2.14. The zero-order chi connectivity index (χ0) is 8.48. The molecule has 0 radical (unpaired) electrons. The summed E-state index contributed by atoms with van der Waals surface area (Å²) in [5, 5.41) is 0. The molecule has 2 N–H and O–H groups in total. The van der Waals surface area contributed by atoms with Crippen molar-refractivity contribution in [2.24, 2.45) is 11.1 Å². The molecule has 64 valence electrons. The highest BCUT2D eigenvalue weighted by Gasteiger charge is 2.43. The monoisotopic (exact) mass is 160 g/mol. The Balaban J connectivity index is 2.32. The van der Waals surface area contributed by atoms with E-state index in [1.165, 1.54) is 0 Å². The van der Waals surface area contributed by atoms with E-state index < -0.39 is 5.41 Å². The van der Waals surface area contributed by atoms with Crippen molar-refractivity contribution in [2.45, 2.75) is 6.92 Å². The molecule has 0 atom stereocenters. The predicted molar refractivity (Wildman–Crippen MR) is 39.7 cm³/mol. The maximum absolute atomic E-state index is 11.8. The van der Waals surface area contributed by atoms with Crippen LogP contribution in [0.5, 0.6) is 0 Å². The summed E-state index contributed by atoms with van der Waals surface area (Å²) in [4.78, 5) is 12.6. The smallest absolute Gasteiger partial charge is 0.225 e. The molecule has 1 rings (SSSR count). The number of hydrogen-bond donors (Lipinski definition) is 1. The number of primary amides is 1. The van der Waals surface area contributed by atoms with Crippen LogP contribution in [0.1, 0.15) is 6.92 Å². The molecular weight excluding hydrogens is 147 g/mol. The van der Waals surface area contributed by atoms with Crippen molar-refractivity contribution >= 4 is 5.91 Å². The number of alkyl halides is 1. The second kappa shape index (κ2) is 2.77. The molecule has 0 aliphatic carbocycles. The van der Waals surface area contributed by atoms with Crippen molar-refractivity contribution < 1.29 is 9.18 Å². The lowest BCUT2D eigenvalue weighted by molar-refractivity contribution is -0.136. The SMILES string of the molecule is CC1(C(N)=O)CN(CCF)C1. The lowest BCUT2D eigenvalue weighted by Crippen LogP contribution is -2.60. The van der Waals surface area contributed by atoms with Crippen molar-refractivity contribution in [3.63, 3.8) is 0 Å². The standard InChI is InChI=1S/C7H13FN2O/c1-7(6(9)11)4-10(5-7)3-2-8/h2-5H2,1H3,(H2,9,11). The molecule has 1 aliphatic heterocycles. The van der Waals surface area contributed by atoms with E-state index in [0.717, 1.165) is 0 Å². The third kappa shape index (κ3) is 1.50. The van der Waals surface area contributed by atoms with Gasteiger partial charge in [-0.15, -0.1) is 0 Å². The summed E-state index contributed by atoms with van der Waals surface area (Å²) in [5.41, 5.74) is 4.72. The molecule has 11 heavy (non-hydrogen) atoms. The Labute approximate surface area is 65.3 Å². The van der Waals surface area contributed by atoms with Crippen molar-refractivity contribution in [1.29, 1.82) is 0 Å². The number of carbonyl (C=O) groups is 1. The van der Waals surface area contributed by atoms with Gasteiger partial charge in [-0.25, -0.2) is 4.39 Å². The molecule has 1 amide bonds.